The number of hydrogen-bond acceptors (Lipinski definition) is 5. The Morgan fingerprint density at radius 1 is 1.40 bits per heavy atom. The van der Waals surface area contributed by atoms with Crippen molar-refractivity contribution in [1.29, 1.82) is 0 Å². The van der Waals surface area contributed by atoms with Gasteiger partial charge in [-0.2, -0.15) is 0 Å². The minimum absolute atomic E-state index is 0.139. The highest BCUT2D eigenvalue weighted by Crippen LogP contribution is 2.33. The lowest BCUT2D eigenvalue weighted by atomic mass is 10.1. The van der Waals surface area contributed by atoms with Gasteiger partial charge in [0.05, 0.1) is 24.9 Å². The maximum atomic E-state index is 12.8. The molecule has 0 saturated heterocycles. The average Bonchev–Trinajstić information content (AvgIpc) is 3.20. The third-order valence-corrected chi connectivity index (χ3v) is 5.19. The fraction of sp³-hybridized carbons (Fsp3) is 0.684. The molecular formula is C19H30N4O2. The number of rotatable bonds is 7. The Bertz CT molecular complexity index is 626. The van der Waals surface area contributed by atoms with Gasteiger partial charge in [-0.3, -0.25) is 4.79 Å². The molecule has 1 aromatic rings. The molecule has 6 nitrogen and oxygen atoms in total. The van der Waals surface area contributed by atoms with Crippen LogP contribution in [-0.2, 0) is 13.1 Å². The zero-order valence-electron chi connectivity index (χ0n) is 15.8. The van der Waals surface area contributed by atoms with E-state index in [9.17, 15) is 4.79 Å². The summed E-state index contributed by atoms with van der Waals surface area (Å²) in [6.07, 6.45) is 4.68. The summed E-state index contributed by atoms with van der Waals surface area (Å²) in [6, 6.07) is 2.71. The van der Waals surface area contributed by atoms with Crippen molar-refractivity contribution in [3.63, 3.8) is 0 Å². The predicted molar refractivity (Wildman–Crippen MR) is 97.8 cm³/mol. The number of fused-ring (bicyclic) bond motifs is 1. The molecule has 6 heteroatoms. The van der Waals surface area contributed by atoms with Crippen molar-refractivity contribution in [3.8, 4) is 5.88 Å². The monoisotopic (exact) mass is 346 g/mol. The summed E-state index contributed by atoms with van der Waals surface area (Å²) in [6.45, 7) is 4.38. The first-order valence-electron chi connectivity index (χ1n) is 9.25. The average molecular weight is 346 g/mol. The first kappa shape index (κ1) is 18.1. The Hall–Kier alpha value is -1.66. The quantitative estimate of drug-likeness (QED) is 0.819. The summed E-state index contributed by atoms with van der Waals surface area (Å²) < 4.78 is 5.49. The number of nitrogens with one attached hydrogen (secondary N) is 1. The number of ether oxygens (including phenoxy) is 1. The maximum absolute atomic E-state index is 12.8. The van der Waals surface area contributed by atoms with Crippen LogP contribution in [-0.4, -0.2) is 60.5 Å². The molecule has 0 unspecified atom stereocenters. The largest absolute Gasteiger partial charge is 0.481 e. The van der Waals surface area contributed by atoms with Gasteiger partial charge in [0.2, 0.25) is 5.88 Å². The van der Waals surface area contributed by atoms with Crippen LogP contribution in [0.25, 0.3) is 0 Å². The van der Waals surface area contributed by atoms with E-state index in [0.717, 1.165) is 36.2 Å². The van der Waals surface area contributed by atoms with Gasteiger partial charge in [0.25, 0.3) is 5.91 Å². The van der Waals surface area contributed by atoms with Gasteiger partial charge in [-0.1, -0.05) is 12.8 Å². The van der Waals surface area contributed by atoms with Gasteiger partial charge in [-0.05, 0) is 39.9 Å². The van der Waals surface area contributed by atoms with Crippen LogP contribution in [0.5, 0.6) is 5.88 Å². The van der Waals surface area contributed by atoms with E-state index in [1.54, 1.807) is 7.11 Å². The minimum atomic E-state index is 0.139. The molecule has 1 aliphatic carbocycles. The van der Waals surface area contributed by atoms with Crippen molar-refractivity contribution in [1.82, 2.24) is 20.1 Å². The van der Waals surface area contributed by atoms with Crippen LogP contribution < -0.4 is 10.1 Å². The van der Waals surface area contributed by atoms with Gasteiger partial charge in [0, 0.05) is 30.7 Å². The summed E-state index contributed by atoms with van der Waals surface area (Å²) in [5, 5.41) is 3.49. The summed E-state index contributed by atoms with van der Waals surface area (Å²) in [7, 11) is 5.77. The smallest absolute Gasteiger partial charge is 0.256 e. The van der Waals surface area contributed by atoms with Crippen LogP contribution in [0.15, 0.2) is 6.07 Å². The molecule has 138 valence electrons. The normalized spacial score (nSPS) is 18.9. The zero-order valence-corrected chi connectivity index (χ0v) is 15.8. The van der Waals surface area contributed by atoms with E-state index < -0.39 is 0 Å². The second-order valence-electron chi connectivity index (χ2n) is 7.57. The molecule has 1 aliphatic heterocycles. The summed E-state index contributed by atoms with van der Waals surface area (Å²) >= 11 is 0. The molecule has 0 aromatic carbocycles. The topological polar surface area (TPSA) is 57.7 Å². The fourth-order valence-electron chi connectivity index (χ4n) is 3.98. The van der Waals surface area contributed by atoms with E-state index in [1.807, 2.05) is 11.0 Å². The maximum Gasteiger partial charge on any atom is 0.256 e. The van der Waals surface area contributed by atoms with Crippen LogP contribution in [0, 0.1) is 0 Å². The van der Waals surface area contributed by atoms with Crippen molar-refractivity contribution in [3.05, 3.63) is 22.9 Å². The first-order chi connectivity index (χ1) is 12.0. The lowest BCUT2D eigenvalue weighted by Crippen LogP contribution is -2.35. The molecule has 1 N–H and O–H groups in total. The molecule has 0 radical (unpaired) electrons. The number of nitrogens with zero attached hydrogens (tertiary/aromatic N) is 3. The van der Waals surface area contributed by atoms with Crippen LogP contribution in [0.2, 0.25) is 0 Å². The predicted octanol–water partition coefficient (Wildman–Crippen LogP) is 2.03. The Morgan fingerprint density at radius 2 is 2.12 bits per heavy atom. The van der Waals surface area contributed by atoms with E-state index in [2.05, 4.69) is 36.2 Å². The van der Waals surface area contributed by atoms with E-state index in [0.29, 0.717) is 31.1 Å². The highest BCUT2D eigenvalue weighted by Gasteiger charge is 2.35. The van der Waals surface area contributed by atoms with Gasteiger partial charge in [-0.15, -0.1) is 0 Å². The van der Waals surface area contributed by atoms with Crippen LogP contribution >= 0.6 is 0 Å². The lowest BCUT2D eigenvalue weighted by molar-refractivity contribution is 0.0706. The number of amides is 1. The third-order valence-electron chi connectivity index (χ3n) is 5.19. The molecule has 1 aromatic heterocycles. The molecule has 0 bridgehead atoms. The van der Waals surface area contributed by atoms with Gasteiger partial charge < -0.3 is 19.9 Å². The van der Waals surface area contributed by atoms with Crippen molar-refractivity contribution in [2.75, 3.05) is 27.7 Å². The molecule has 1 saturated carbocycles. The minimum Gasteiger partial charge on any atom is -0.481 e. The molecule has 25 heavy (non-hydrogen) atoms. The molecule has 1 amide bonds. The Morgan fingerprint density at radius 3 is 2.76 bits per heavy atom. The lowest BCUT2D eigenvalue weighted by Gasteiger charge is -2.22. The number of likely N-dealkylation sites (N-methyl/N-ethyl adjacent to an activating group) is 1. The molecule has 3 rings (SSSR count). The van der Waals surface area contributed by atoms with Crippen LogP contribution in [0.3, 0.4) is 0 Å². The van der Waals surface area contributed by atoms with E-state index in [1.165, 1.54) is 12.8 Å². The number of pyridine rings is 1. The summed E-state index contributed by atoms with van der Waals surface area (Å²) in [4.78, 5) is 21.6. The number of hydrogen-bond donors (Lipinski definition) is 1. The Labute approximate surface area is 150 Å². The fourth-order valence-corrected chi connectivity index (χ4v) is 3.98. The number of carbonyl (C=O) groups excluding carboxylic acids is 1. The van der Waals surface area contributed by atoms with Crippen molar-refractivity contribution in [2.24, 2.45) is 0 Å². The standard InChI is InChI=1S/C19H30N4O2/c1-13(11-22(2)3)20-10-14-9-16-17(21-18(14)25-4)12-23(19(16)24)15-7-5-6-8-15/h9,13,15,20H,5-8,10-12H2,1-4H3/t13-/m1/s1. The van der Waals surface area contributed by atoms with Crippen LogP contribution in [0.1, 0.15) is 54.2 Å². The molecule has 2 aliphatic rings. The zero-order chi connectivity index (χ0) is 18.0. The molecule has 1 atom stereocenters. The number of carbonyl (C=O) groups is 1. The van der Waals surface area contributed by atoms with Gasteiger partial charge in [-0.25, -0.2) is 4.98 Å². The van der Waals surface area contributed by atoms with Crippen molar-refractivity contribution < 1.29 is 9.53 Å². The number of methoxy groups -OCH3 is 1. The Kier molecular flexibility index (Phi) is 5.59. The van der Waals surface area contributed by atoms with E-state index in [4.69, 9.17) is 4.74 Å². The van der Waals surface area contributed by atoms with E-state index in [-0.39, 0.29) is 5.91 Å². The molecular weight excluding hydrogens is 316 g/mol. The first-order valence-corrected chi connectivity index (χ1v) is 9.25. The summed E-state index contributed by atoms with van der Waals surface area (Å²) in [5.74, 6) is 0.768. The highest BCUT2D eigenvalue weighted by atomic mass is 16.5. The van der Waals surface area contributed by atoms with Gasteiger partial charge >= 0.3 is 0 Å². The SMILES string of the molecule is COc1nc2c(cc1CN[C@H](C)CN(C)C)C(=O)N(C1CCCC1)C2. The summed E-state index contributed by atoms with van der Waals surface area (Å²) in [5.41, 5.74) is 2.57. The highest BCUT2D eigenvalue weighted by molar-refractivity contribution is 5.98. The molecule has 0 spiro atoms. The third kappa shape index (κ3) is 3.96. The van der Waals surface area contributed by atoms with Gasteiger partial charge in [0.15, 0.2) is 0 Å². The van der Waals surface area contributed by atoms with Gasteiger partial charge in [0.1, 0.15) is 0 Å². The molecule has 2 heterocycles. The second-order valence-corrected chi connectivity index (χ2v) is 7.57. The second kappa shape index (κ2) is 7.70. The van der Waals surface area contributed by atoms with Crippen LogP contribution in [0.4, 0.5) is 0 Å². The molecule has 1 fully saturated rings. The van der Waals surface area contributed by atoms with Crippen molar-refractivity contribution in [2.45, 2.75) is 57.8 Å². The van der Waals surface area contributed by atoms with Crippen molar-refractivity contribution >= 4 is 5.91 Å². The number of aromatic nitrogens is 1. The van der Waals surface area contributed by atoms with E-state index >= 15 is 0 Å². The Balaban J connectivity index is 1.75.